The van der Waals surface area contributed by atoms with Gasteiger partial charge >= 0.3 is 18.6 Å². The molecule has 0 saturated carbocycles. The molecule has 7 nitrogen and oxygen atoms in total. The van der Waals surface area contributed by atoms with Gasteiger partial charge in [0.15, 0.2) is 6.10 Å². The van der Waals surface area contributed by atoms with E-state index in [0.717, 1.165) is 0 Å². The van der Waals surface area contributed by atoms with Crippen LogP contribution in [0.5, 0.6) is 5.75 Å². The Labute approximate surface area is 159 Å². The predicted molar refractivity (Wildman–Crippen MR) is 93.9 cm³/mol. The zero-order valence-corrected chi connectivity index (χ0v) is 15.7. The monoisotopic (exact) mass is 395 g/mol. The lowest BCUT2D eigenvalue weighted by atomic mass is 10.1. The number of esters is 2. The number of aromatic amines is 1. The first-order valence-electron chi connectivity index (χ1n) is 8.23. The largest absolute Gasteiger partial charge is 0.465 e. The molecule has 0 spiro atoms. The van der Waals surface area contributed by atoms with Crippen LogP contribution in [0.25, 0.3) is 0 Å². The third-order valence-corrected chi connectivity index (χ3v) is 4.05. The number of alkyl halides is 2. The van der Waals surface area contributed by atoms with Crippen LogP contribution >= 0.6 is 0 Å². The maximum Gasteiger partial charge on any atom is 0.387 e. The minimum atomic E-state index is -2.97. The zero-order valence-electron chi connectivity index (χ0n) is 15.7. The fraction of sp³-hybridized carbons (Fsp3) is 0.316. The van der Waals surface area contributed by atoms with Crippen molar-refractivity contribution in [2.45, 2.75) is 33.5 Å². The second kappa shape index (κ2) is 8.64. The van der Waals surface area contributed by atoms with Gasteiger partial charge < -0.3 is 19.2 Å². The molecule has 0 aliphatic heterocycles. The van der Waals surface area contributed by atoms with Crippen LogP contribution in [0.4, 0.5) is 8.78 Å². The average molecular weight is 395 g/mol. The van der Waals surface area contributed by atoms with Crippen LogP contribution in [0, 0.1) is 13.8 Å². The first kappa shape index (κ1) is 21.1. The van der Waals surface area contributed by atoms with E-state index in [9.17, 15) is 23.2 Å². The molecule has 1 N–H and O–H groups in total. The summed E-state index contributed by atoms with van der Waals surface area (Å²) < 4.78 is 38.4. The Morgan fingerprint density at radius 2 is 1.64 bits per heavy atom. The zero-order chi connectivity index (χ0) is 21.0. The molecule has 1 heterocycles. The maximum absolute atomic E-state index is 12.4. The Morgan fingerprint density at radius 1 is 1.04 bits per heavy atom. The molecule has 9 heteroatoms. The number of carbonyl (C=O) groups excluding carboxylic acids is 3. The van der Waals surface area contributed by atoms with E-state index >= 15 is 0 Å². The minimum absolute atomic E-state index is 0.0400. The molecule has 2 aromatic rings. The molecule has 1 aromatic heterocycles. The van der Waals surface area contributed by atoms with Gasteiger partial charge in [0.25, 0.3) is 0 Å². The van der Waals surface area contributed by atoms with Gasteiger partial charge in [-0.25, -0.2) is 9.59 Å². The Bertz CT molecular complexity index is 889. The van der Waals surface area contributed by atoms with Crippen molar-refractivity contribution in [1.29, 1.82) is 0 Å². The third-order valence-electron chi connectivity index (χ3n) is 4.05. The van der Waals surface area contributed by atoms with Gasteiger partial charge in [-0.05, 0) is 50.6 Å². The Kier molecular flexibility index (Phi) is 6.50. The molecule has 0 aliphatic rings. The summed E-state index contributed by atoms with van der Waals surface area (Å²) in [6.45, 7) is 1.58. The highest BCUT2D eigenvalue weighted by atomic mass is 19.3. The summed E-state index contributed by atoms with van der Waals surface area (Å²) in [6.07, 6.45) is -1.14. The summed E-state index contributed by atoms with van der Waals surface area (Å²) in [6, 6.07) is 5.03. The molecule has 0 amide bonds. The number of rotatable bonds is 7. The molecular formula is C19H19F2NO6. The number of H-pyrrole nitrogens is 1. The molecule has 0 bridgehead atoms. The number of Topliss-reactive ketones (excluding diaryl/α,β-unsaturated/α-hetero) is 1. The highest BCUT2D eigenvalue weighted by Crippen LogP contribution is 2.21. The molecule has 0 fully saturated rings. The van der Waals surface area contributed by atoms with Gasteiger partial charge in [-0.2, -0.15) is 8.78 Å². The van der Waals surface area contributed by atoms with Crippen molar-refractivity contribution < 1.29 is 37.4 Å². The van der Waals surface area contributed by atoms with E-state index in [1.54, 1.807) is 13.8 Å². The summed E-state index contributed by atoms with van der Waals surface area (Å²) in [5.41, 5.74) is 1.21. The second-order valence-electron chi connectivity index (χ2n) is 5.93. The number of benzene rings is 1. The lowest BCUT2D eigenvalue weighted by molar-refractivity contribution is -0.0498. The normalized spacial score (nSPS) is 11.8. The summed E-state index contributed by atoms with van der Waals surface area (Å²) in [4.78, 5) is 39.4. The van der Waals surface area contributed by atoms with Crippen molar-refractivity contribution in [3.8, 4) is 5.75 Å². The number of aryl methyl sites for hydroxylation is 1. The molecule has 150 valence electrons. The second-order valence-corrected chi connectivity index (χ2v) is 5.93. The van der Waals surface area contributed by atoms with Crippen LogP contribution < -0.4 is 4.74 Å². The van der Waals surface area contributed by atoms with Crippen molar-refractivity contribution >= 4 is 17.7 Å². The number of nitrogens with one attached hydrogen (secondary N) is 1. The smallest absolute Gasteiger partial charge is 0.387 e. The minimum Gasteiger partial charge on any atom is -0.465 e. The average Bonchev–Trinajstić information content (AvgIpc) is 2.95. The summed E-state index contributed by atoms with van der Waals surface area (Å²) in [5, 5.41) is 0. The van der Waals surface area contributed by atoms with Crippen LogP contribution in [-0.4, -0.2) is 42.5 Å². The molecule has 0 radical (unpaired) electrons. The fourth-order valence-electron chi connectivity index (χ4n) is 2.67. The predicted octanol–water partition coefficient (Wildman–Crippen LogP) is 3.45. The summed E-state index contributed by atoms with van der Waals surface area (Å²) in [7, 11) is 1.23. The lowest BCUT2D eigenvalue weighted by Gasteiger charge is -2.13. The van der Waals surface area contributed by atoms with Crippen LogP contribution in [0.2, 0.25) is 0 Å². The first-order valence-corrected chi connectivity index (χ1v) is 8.23. The van der Waals surface area contributed by atoms with Crippen molar-refractivity contribution in [2.24, 2.45) is 0 Å². The number of methoxy groups -OCH3 is 1. The number of ether oxygens (including phenoxy) is 3. The van der Waals surface area contributed by atoms with Crippen LogP contribution in [0.1, 0.15) is 49.4 Å². The van der Waals surface area contributed by atoms with Gasteiger partial charge in [0.1, 0.15) is 11.4 Å². The van der Waals surface area contributed by atoms with Crippen LogP contribution in [0.3, 0.4) is 0 Å². The van der Waals surface area contributed by atoms with E-state index in [1.807, 2.05) is 0 Å². The van der Waals surface area contributed by atoms with Crippen molar-refractivity contribution in [1.82, 2.24) is 4.98 Å². The molecule has 1 aromatic carbocycles. The van der Waals surface area contributed by atoms with Crippen molar-refractivity contribution in [3.05, 3.63) is 52.3 Å². The van der Waals surface area contributed by atoms with E-state index < -0.39 is 30.4 Å². The fourth-order valence-corrected chi connectivity index (χ4v) is 2.67. The quantitative estimate of drug-likeness (QED) is 0.570. The van der Waals surface area contributed by atoms with E-state index in [4.69, 9.17) is 4.74 Å². The van der Waals surface area contributed by atoms with Gasteiger partial charge in [-0.1, -0.05) is 0 Å². The standard InChI is InChI=1S/C19H19F2NO6/c1-9-14(17(24)26-4)10(2)22-15(9)18(25)27-11(3)16(23)12-5-7-13(8-6-12)28-19(20)21/h5-8,11,19,22H,1-4H3/t11-/m1/s1. The van der Waals surface area contributed by atoms with E-state index in [-0.39, 0.29) is 22.6 Å². The molecule has 0 aliphatic carbocycles. The van der Waals surface area contributed by atoms with Gasteiger partial charge in [0.2, 0.25) is 5.78 Å². The Hall–Kier alpha value is -3.23. The van der Waals surface area contributed by atoms with E-state index in [2.05, 4.69) is 14.5 Å². The number of hydrogen-bond donors (Lipinski definition) is 1. The van der Waals surface area contributed by atoms with Crippen molar-refractivity contribution in [2.75, 3.05) is 7.11 Å². The van der Waals surface area contributed by atoms with Crippen LogP contribution in [-0.2, 0) is 9.47 Å². The van der Waals surface area contributed by atoms with Gasteiger partial charge in [-0.15, -0.1) is 0 Å². The third kappa shape index (κ3) is 4.54. The molecule has 0 saturated heterocycles. The molecular weight excluding hydrogens is 376 g/mol. The number of halogens is 2. The Balaban J connectivity index is 2.12. The number of carbonyl (C=O) groups is 3. The summed E-state index contributed by atoms with van der Waals surface area (Å²) in [5.74, 6) is -2.02. The molecule has 28 heavy (non-hydrogen) atoms. The van der Waals surface area contributed by atoms with Crippen LogP contribution in [0.15, 0.2) is 24.3 Å². The van der Waals surface area contributed by atoms with Crippen molar-refractivity contribution in [3.63, 3.8) is 0 Å². The lowest BCUT2D eigenvalue weighted by Crippen LogP contribution is -2.25. The highest BCUT2D eigenvalue weighted by Gasteiger charge is 2.26. The molecule has 0 unspecified atom stereocenters. The van der Waals surface area contributed by atoms with Gasteiger partial charge in [-0.3, -0.25) is 4.79 Å². The SMILES string of the molecule is COC(=O)c1c(C)[nH]c(C(=O)O[C@H](C)C(=O)c2ccc(OC(F)F)cc2)c1C. The number of aromatic nitrogens is 1. The molecule has 2 rings (SSSR count). The van der Waals surface area contributed by atoms with E-state index in [0.29, 0.717) is 11.3 Å². The topological polar surface area (TPSA) is 94.7 Å². The van der Waals surface area contributed by atoms with Gasteiger partial charge in [0, 0.05) is 11.3 Å². The highest BCUT2D eigenvalue weighted by molar-refractivity contribution is 6.02. The van der Waals surface area contributed by atoms with E-state index in [1.165, 1.54) is 38.3 Å². The Morgan fingerprint density at radius 3 is 2.18 bits per heavy atom. The number of ketones is 1. The summed E-state index contributed by atoms with van der Waals surface area (Å²) >= 11 is 0. The van der Waals surface area contributed by atoms with Gasteiger partial charge in [0.05, 0.1) is 12.7 Å². The maximum atomic E-state index is 12.4. The molecule has 1 atom stereocenters. The first-order chi connectivity index (χ1) is 13.1. The number of hydrogen-bond acceptors (Lipinski definition) is 6.